The van der Waals surface area contributed by atoms with Crippen LogP contribution in [0.2, 0.25) is 0 Å². The molecule has 0 aliphatic carbocycles. The fourth-order valence-corrected chi connectivity index (χ4v) is 4.78. The maximum Gasteiger partial charge on any atom is 0.339 e. The Bertz CT molecular complexity index is 1050. The van der Waals surface area contributed by atoms with Gasteiger partial charge in [0.05, 0.1) is 5.56 Å². The molecule has 7 heteroatoms. The number of carbonyl (C=O) groups is 2. The molecule has 6 nitrogen and oxygen atoms in total. The van der Waals surface area contributed by atoms with E-state index in [1.165, 1.54) is 18.2 Å². The fraction of sp³-hybridized carbons (Fsp3) is 0.381. The van der Waals surface area contributed by atoms with Gasteiger partial charge in [0, 0.05) is 43.7 Å². The number of benzene rings is 1. The Hall–Kier alpha value is -2.96. The van der Waals surface area contributed by atoms with Gasteiger partial charge in [-0.05, 0) is 42.2 Å². The smallest absolute Gasteiger partial charge is 0.339 e. The van der Waals surface area contributed by atoms with Gasteiger partial charge < -0.3 is 14.2 Å². The Labute approximate surface area is 160 Å². The lowest BCUT2D eigenvalue weighted by atomic mass is 9.83. The molecule has 2 aromatic rings. The van der Waals surface area contributed by atoms with Crippen LogP contribution >= 0.6 is 0 Å². The van der Waals surface area contributed by atoms with Crippen LogP contribution in [0.5, 0.6) is 0 Å². The normalized spacial score (nSPS) is 25.5. The zero-order valence-electron chi connectivity index (χ0n) is 15.1. The van der Waals surface area contributed by atoms with Crippen molar-refractivity contribution in [3.05, 3.63) is 69.4 Å². The van der Waals surface area contributed by atoms with E-state index in [0.29, 0.717) is 30.8 Å². The topological polar surface area (TPSA) is 68.6 Å². The highest BCUT2D eigenvalue weighted by Crippen LogP contribution is 2.35. The number of fused-ring (bicyclic) bond motifs is 5. The molecule has 1 amide bonds. The predicted octanol–water partition coefficient (Wildman–Crippen LogP) is 1.71. The van der Waals surface area contributed by atoms with E-state index in [9.17, 15) is 18.8 Å². The molecule has 1 fully saturated rings. The van der Waals surface area contributed by atoms with E-state index in [0.717, 1.165) is 12.1 Å². The zero-order chi connectivity index (χ0) is 19.4. The molecule has 3 atom stereocenters. The number of hydrogen-bond donors (Lipinski definition) is 0. The van der Waals surface area contributed by atoms with Crippen molar-refractivity contribution in [3.63, 3.8) is 0 Å². The summed E-state index contributed by atoms with van der Waals surface area (Å²) in [5.74, 6) is -0.985. The first-order chi connectivity index (χ1) is 13.5. The van der Waals surface area contributed by atoms with E-state index in [4.69, 9.17) is 4.74 Å². The van der Waals surface area contributed by atoms with Gasteiger partial charge in [0.2, 0.25) is 0 Å². The van der Waals surface area contributed by atoms with Crippen molar-refractivity contribution in [1.82, 2.24) is 9.47 Å². The lowest BCUT2D eigenvalue weighted by Crippen LogP contribution is -2.53. The van der Waals surface area contributed by atoms with Gasteiger partial charge in [-0.1, -0.05) is 6.07 Å². The molecule has 1 saturated heterocycles. The zero-order valence-corrected chi connectivity index (χ0v) is 15.1. The molecule has 1 aromatic heterocycles. The van der Waals surface area contributed by atoms with Crippen LogP contribution in [0, 0.1) is 11.7 Å². The average molecular weight is 382 g/mol. The minimum absolute atomic E-state index is 0.00757. The van der Waals surface area contributed by atoms with Crippen molar-refractivity contribution in [1.29, 1.82) is 0 Å². The Balaban J connectivity index is 1.39. The van der Waals surface area contributed by atoms with Gasteiger partial charge in [0.25, 0.3) is 11.5 Å². The number of cyclic esters (lactones) is 1. The SMILES string of the molecule is O=C1OC(C(=O)N2CC3CC(C2)c2cccc(=O)n2C3)Cc2cc(F)ccc21. The molecule has 1 aromatic carbocycles. The predicted molar refractivity (Wildman–Crippen MR) is 97.4 cm³/mol. The number of amides is 1. The number of ether oxygens (including phenoxy) is 1. The van der Waals surface area contributed by atoms with Crippen molar-refractivity contribution in [2.45, 2.75) is 31.4 Å². The van der Waals surface area contributed by atoms with E-state index in [2.05, 4.69) is 0 Å². The van der Waals surface area contributed by atoms with E-state index in [1.54, 1.807) is 21.6 Å². The molecule has 0 N–H and O–H groups in total. The number of nitrogens with zero attached hydrogens (tertiary/aromatic N) is 2. The summed E-state index contributed by atoms with van der Waals surface area (Å²) in [7, 11) is 0. The van der Waals surface area contributed by atoms with Gasteiger partial charge in [-0.2, -0.15) is 0 Å². The first kappa shape index (κ1) is 17.2. The Kier molecular flexibility index (Phi) is 3.86. The van der Waals surface area contributed by atoms with E-state index in [-0.39, 0.29) is 29.7 Å². The fourth-order valence-electron chi connectivity index (χ4n) is 4.78. The lowest BCUT2D eigenvalue weighted by Gasteiger charge is -2.43. The largest absolute Gasteiger partial charge is 0.448 e. The number of likely N-dealkylation sites (tertiary alicyclic amines) is 1. The summed E-state index contributed by atoms with van der Waals surface area (Å²) in [6.45, 7) is 1.61. The molecule has 5 rings (SSSR count). The third kappa shape index (κ3) is 2.73. The highest BCUT2D eigenvalue weighted by Gasteiger charge is 2.40. The second-order valence-electron chi connectivity index (χ2n) is 7.84. The maximum atomic E-state index is 13.6. The number of halogens is 1. The van der Waals surface area contributed by atoms with E-state index in [1.807, 2.05) is 6.07 Å². The lowest BCUT2D eigenvalue weighted by molar-refractivity contribution is -0.143. The van der Waals surface area contributed by atoms with Crippen LogP contribution in [0.4, 0.5) is 4.39 Å². The molecule has 0 radical (unpaired) electrons. The van der Waals surface area contributed by atoms with Crippen molar-refractivity contribution in [2.24, 2.45) is 5.92 Å². The minimum atomic E-state index is -0.932. The van der Waals surface area contributed by atoms with Crippen LogP contribution in [0.1, 0.15) is 34.0 Å². The number of carbonyl (C=O) groups excluding carboxylic acids is 2. The summed E-state index contributed by atoms with van der Waals surface area (Å²) in [6.07, 6.45) is 0.184. The molecule has 3 aliphatic heterocycles. The summed E-state index contributed by atoms with van der Waals surface area (Å²) in [5, 5.41) is 0. The Morgan fingerprint density at radius 3 is 2.82 bits per heavy atom. The third-order valence-corrected chi connectivity index (χ3v) is 6.01. The van der Waals surface area contributed by atoms with Gasteiger partial charge in [-0.25, -0.2) is 9.18 Å². The monoisotopic (exact) mass is 382 g/mol. The molecule has 2 bridgehead atoms. The maximum absolute atomic E-state index is 13.6. The summed E-state index contributed by atoms with van der Waals surface area (Å²) >= 11 is 0. The Morgan fingerprint density at radius 2 is 1.96 bits per heavy atom. The number of esters is 1. The first-order valence-corrected chi connectivity index (χ1v) is 9.47. The van der Waals surface area contributed by atoms with Crippen LogP contribution in [-0.4, -0.2) is 40.5 Å². The van der Waals surface area contributed by atoms with Crippen LogP contribution in [-0.2, 0) is 22.5 Å². The first-order valence-electron chi connectivity index (χ1n) is 9.47. The van der Waals surface area contributed by atoms with Crippen LogP contribution in [0.25, 0.3) is 0 Å². The second-order valence-corrected chi connectivity index (χ2v) is 7.84. The average Bonchev–Trinajstić information content (AvgIpc) is 2.67. The summed E-state index contributed by atoms with van der Waals surface area (Å²) in [5.41, 5.74) is 1.76. The van der Waals surface area contributed by atoms with Gasteiger partial charge in [-0.15, -0.1) is 0 Å². The van der Waals surface area contributed by atoms with E-state index >= 15 is 0 Å². The van der Waals surface area contributed by atoms with Gasteiger partial charge >= 0.3 is 5.97 Å². The highest BCUT2D eigenvalue weighted by molar-refractivity contribution is 5.95. The molecule has 0 spiro atoms. The number of aromatic nitrogens is 1. The van der Waals surface area contributed by atoms with Gasteiger partial charge in [0.15, 0.2) is 6.10 Å². The van der Waals surface area contributed by atoms with Crippen molar-refractivity contribution in [2.75, 3.05) is 13.1 Å². The highest BCUT2D eigenvalue weighted by atomic mass is 19.1. The summed E-state index contributed by atoms with van der Waals surface area (Å²) in [4.78, 5) is 39.2. The number of pyridine rings is 1. The van der Waals surface area contributed by atoms with Crippen molar-refractivity contribution >= 4 is 11.9 Å². The molecule has 0 saturated carbocycles. The standard InChI is InChI=1S/C21H19FN2O4/c22-15-4-5-16-13(7-15)8-18(28-21(16)27)20(26)23-9-12-6-14(11-23)17-2-1-3-19(25)24(17)10-12/h1-5,7,12,14,18H,6,8-11H2. The van der Waals surface area contributed by atoms with Gasteiger partial charge in [0.1, 0.15) is 5.82 Å². The number of rotatable bonds is 1. The van der Waals surface area contributed by atoms with Crippen molar-refractivity contribution in [3.8, 4) is 0 Å². The summed E-state index contributed by atoms with van der Waals surface area (Å²) < 4.78 is 20.7. The molecule has 4 heterocycles. The molecule has 3 aliphatic rings. The van der Waals surface area contributed by atoms with Crippen LogP contribution in [0.15, 0.2) is 41.2 Å². The quantitative estimate of drug-likeness (QED) is 0.705. The van der Waals surface area contributed by atoms with Crippen LogP contribution < -0.4 is 5.56 Å². The second kappa shape index (κ2) is 6.29. The molecule has 28 heavy (non-hydrogen) atoms. The van der Waals surface area contributed by atoms with E-state index < -0.39 is 17.9 Å². The Morgan fingerprint density at radius 1 is 1.11 bits per heavy atom. The van der Waals surface area contributed by atoms with Crippen molar-refractivity contribution < 1.29 is 18.7 Å². The van der Waals surface area contributed by atoms with Crippen LogP contribution in [0.3, 0.4) is 0 Å². The number of piperidine rings is 1. The number of hydrogen-bond acceptors (Lipinski definition) is 4. The molecular weight excluding hydrogens is 363 g/mol. The van der Waals surface area contributed by atoms with Gasteiger partial charge in [-0.3, -0.25) is 9.59 Å². The molecule has 3 unspecified atom stereocenters. The summed E-state index contributed by atoms with van der Waals surface area (Å²) in [6, 6.07) is 9.16. The molecule has 144 valence electrons. The minimum Gasteiger partial charge on any atom is -0.448 e. The third-order valence-electron chi connectivity index (χ3n) is 6.01. The molecular formula is C21H19FN2O4.